The van der Waals surface area contributed by atoms with Gasteiger partial charge in [0, 0.05) is 36.8 Å². The lowest BCUT2D eigenvalue weighted by molar-refractivity contribution is -0.146. The Bertz CT molecular complexity index is 1600. The summed E-state index contributed by atoms with van der Waals surface area (Å²) in [6.45, 7) is 2.65. The molecule has 0 spiro atoms. The van der Waals surface area contributed by atoms with Crippen LogP contribution in [0.25, 0.3) is 0 Å². The zero-order chi connectivity index (χ0) is 33.3. The van der Waals surface area contributed by atoms with Crippen LogP contribution in [0.1, 0.15) is 70.6 Å². The maximum absolute atomic E-state index is 13.2. The van der Waals surface area contributed by atoms with Gasteiger partial charge in [-0.15, -0.1) is 11.3 Å². The highest BCUT2D eigenvalue weighted by atomic mass is 79.9. The van der Waals surface area contributed by atoms with E-state index >= 15 is 0 Å². The predicted molar refractivity (Wildman–Crippen MR) is 184 cm³/mol. The molecule has 3 fully saturated rings. The summed E-state index contributed by atoms with van der Waals surface area (Å²) in [5.74, 6) is 0.511. The van der Waals surface area contributed by atoms with Gasteiger partial charge in [-0.25, -0.2) is 21.8 Å². The Hall–Kier alpha value is -0.850. The van der Waals surface area contributed by atoms with Crippen molar-refractivity contribution < 1.29 is 31.8 Å². The predicted octanol–water partition coefficient (Wildman–Crippen LogP) is 5.85. The average Bonchev–Trinajstić information content (AvgIpc) is 3.37. The monoisotopic (exact) mass is 844 g/mol. The Morgan fingerprint density at radius 3 is 2.09 bits per heavy atom. The number of hydrogen-bond donors (Lipinski definition) is 3. The third kappa shape index (κ3) is 8.29. The fourth-order valence-electron chi connectivity index (χ4n) is 6.71. The van der Waals surface area contributed by atoms with Gasteiger partial charge in [0.25, 0.3) is 10.0 Å². The number of thiophene rings is 1. The number of nitrogens with one attached hydrogen (secondary N) is 1. The molecule has 256 valence electrons. The summed E-state index contributed by atoms with van der Waals surface area (Å²) >= 11 is 13.9. The van der Waals surface area contributed by atoms with E-state index in [1.807, 2.05) is 0 Å². The van der Waals surface area contributed by atoms with E-state index in [1.54, 1.807) is 10.4 Å². The molecule has 0 amide bonds. The summed E-state index contributed by atoms with van der Waals surface area (Å²) in [4.78, 5) is 18.5. The SMILES string of the molecule is O=C(O)C1(NS(=O)(=O)c2cnc(N3CCC(CCCC4CCN(S(=O)(=O)c5cc(Br)c(Cl)s5)CC4)CC3)c(Br)c2)CCC(O)CC1. The number of pyridine rings is 1. The Labute approximate surface area is 296 Å². The normalized spacial score (nSPS) is 24.3. The molecule has 2 saturated heterocycles. The quantitative estimate of drug-likeness (QED) is 0.253. The van der Waals surface area contributed by atoms with E-state index in [4.69, 9.17) is 11.6 Å². The average molecular weight is 847 g/mol. The molecule has 2 aromatic heterocycles. The number of rotatable bonds is 11. The second-order valence-electron chi connectivity index (χ2n) is 12.6. The maximum atomic E-state index is 13.2. The van der Waals surface area contributed by atoms with Crippen LogP contribution >= 0.6 is 54.8 Å². The van der Waals surface area contributed by atoms with Gasteiger partial charge in [-0.05, 0) is 107 Å². The largest absolute Gasteiger partial charge is 0.480 e. The van der Waals surface area contributed by atoms with E-state index in [2.05, 4.69) is 46.5 Å². The fourth-order valence-corrected chi connectivity index (χ4v) is 12.8. The van der Waals surface area contributed by atoms with Crippen LogP contribution in [0.15, 0.2) is 36.4 Å². The molecular formula is C29H39Br2ClN4O7S3. The summed E-state index contributed by atoms with van der Waals surface area (Å²) < 4.78 is 58.2. The molecule has 0 atom stereocenters. The molecule has 0 radical (unpaired) electrons. The summed E-state index contributed by atoms with van der Waals surface area (Å²) in [7, 11) is -7.68. The van der Waals surface area contributed by atoms with Crippen molar-refractivity contribution in [3.05, 3.63) is 31.6 Å². The fraction of sp³-hybridized carbons (Fsp3) is 0.655. The number of aliphatic hydroxyl groups excluding tert-OH is 1. The first-order valence-corrected chi connectivity index (χ1v) is 21.2. The number of aliphatic carboxylic acids is 1. The number of sulfonamides is 2. The van der Waals surface area contributed by atoms with Crippen LogP contribution in [-0.2, 0) is 24.8 Å². The molecule has 1 saturated carbocycles. The molecule has 0 bridgehead atoms. The minimum Gasteiger partial charge on any atom is -0.480 e. The number of piperidine rings is 2. The molecule has 5 rings (SSSR count). The molecule has 0 unspecified atom stereocenters. The first-order chi connectivity index (χ1) is 21.7. The van der Waals surface area contributed by atoms with E-state index in [0.29, 0.717) is 44.0 Å². The van der Waals surface area contributed by atoms with Gasteiger partial charge in [0.05, 0.1) is 10.6 Å². The molecule has 46 heavy (non-hydrogen) atoms. The molecule has 11 nitrogen and oxygen atoms in total. The minimum absolute atomic E-state index is 0.0123. The summed E-state index contributed by atoms with van der Waals surface area (Å²) in [5.41, 5.74) is -1.65. The van der Waals surface area contributed by atoms with Crippen molar-refractivity contribution in [3.8, 4) is 0 Å². The Morgan fingerprint density at radius 2 is 1.57 bits per heavy atom. The highest BCUT2D eigenvalue weighted by molar-refractivity contribution is 9.11. The third-order valence-corrected chi connectivity index (χ3v) is 16.5. The van der Waals surface area contributed by atoms with Crippen molar-refractivity contribution in [1.82, 2.24) is 14.0 Å². The van der Waals surface area contributed by atoms with Crippen molar-refractivity contribution in [2.75, 3.05) is 31.1 Å². The maximum Gasteiger partial charge on any atom is 0.324 e. The van der Waals surface area contributed by atoms with Gasteiger partial charge >= 0.3 is 5.97 Å². The summed E-state index contributed by atoms with van der Waals surface area (Å²) in [6, 6.07) is 3.05. The van der Waals surface area contributed by atoms with Gasteiger partial charge in [-0.1, -0.05) is 30.9 Å². The lowest BCUT2D eigenvalue weighted by Gasteiger charge is -2.35. The van der Waals surface area contributed by atoms with Crippen LogP contribution in [0.4, 0.5) is 5.82 Å². The minimum atomic E-state index is -4.17. The first kappa shape index (κ1) is 36.4. The highest BCUT2D eigenvalue weighted by Gasteiger charge is 2.45. The van der Waals surface area contributed by atoms with Gasteiger partial charge in [0.2, 0.25) is 10.0 Å². The van der Waals surface area contributed by atoms with Crippen LogP contribution in [0.3, 0.4) is 0 Å². The zero-order valence-electron chi connectivity index (χ0n) is 25.2. The van der Waals surface area contributed by atoms with Crippen molar-refractivity contribution in [3.63, 3.8) is 0 Å². The number of carbonyl (C=O) groups is 1. The molecule has 0 aromatic carbocycles. The number of aromatic nitrogens is 1. The van der Waals surface area contributed by atoms with Crippen LogP contribution in [-0.4, -0.2) is 80.1 Å². The number of anilines is 1. The molecular weight excluding hydrogens is 808 g/mol. The number of halogens is 3. The molecule has 1 aliphatic carbocycles. The number of hydrogen-bond acceptors (Lipinski definition) is 9. The standard InChI is InChI=1S/C29H39Br2ClN4O7S3/c30-23-17-25(44-26(23)32)46(42,43)36-14-8-20(9-15-36)3-1-2-19-6-12-35(13-7-19)27-24(31)16-22(18-33-27)45(40,41)34-29(28(38)39)10-4-21(37)5-11-29/h16-21,34,37H,1-15H2,(H,38,39). The van der Waals surface area contributed by atoms with Gasteiger partial charge in [0.1, 0.15) is 24.8 Å². The molecule has 3 aliphatic rings. The Balaban J connectivity index is 1.07. The lowest BCUT2D eigenvalue weighted by Crippen LogP contribution is -2.56. The molecule has 3 N–H and O–H groups in total. The Morgan fingerprint density at radius 1 is 0.978 bits per heavy atom. The van der Waals surface area contributed by atoms with Crippen LogP contribution in [0, 0.1) is 11.8 Å². The van der Waals surface area contributed by atoms with Crippen molar-refractivity contribution in [2.45, 2.75) is 91.4 Å². The summed E-state index contributed by atoms with van der Waals surface area (Å²) in [6.07, 6.45) is 8.12. The van der Waals surface area contributed by atoms with Gasteiger partial charge in [-0.3, -0.25) is 4.79 Å². The van der Waals surface area contributed by atoms with Crippen LogP contribution < -0.4 is 9.62 Å². The second-order valence-corrected chi connectivity index (χ2v) is 19.8. The van der Waals surface area contributed by atoms with Gasteiger partial charge in [-0.2, -0.15) is 9.03 Å². The van der Waals surface area contributed by atoms with E-state index in [1.165, 1.54) is 12.3 Å². The second kappa shape index (κ2) is 15.0. The first-order valence-electron chi connectivity index (χ1n) is 15.5. The number of aliphatic hydroxyl groups is 1. The molecule has 2 aliphatic heterocycles. The van der Waals surface area contributed by atoms with Gasteiger partial charge < -0.3 is 15.1 Å². The van der Waals surface area contributed by atoms with Crippen LogP contribution in [0.2, 0.25) is 4.34 Å². The topological polar surface area (TPSA) is 157 Å². The smallest absolute Gasteiger partial charge is 0.324 e. The van der Waals surface area contributed by atoms with E-state index in [9.17, 15) is 31.8 Å². The van der Waals surface area contributed by atoms with E-state index < -0.39 is 37.7 Å². The number of nitrogens with zero attached hydrogens (tertiary/aromatic N) is 3. The lowest BCUT2D eigenvalue weighted by atomic mass is 9.81. The van der Waals surface area contributed by atoms with Crippen LogP contribution in [0.5, 0.6) is 0 Å². The molecule has 4 heterocycles. The van der Waals surface area contributed by atoms with E-state index in [0.717, 1.165) is 69.4 Å². The van der Waals surface area contributed by atoms with Crippen molar-refractivity contribution in [2.24, 2.45) is 11.8 Å². The zero-order valence-corrected chi connectivity index (χ0v) is 31.6. The molecule has 17 heteroatoms. The van der Waals surface area contributed by atoms with E-state index in [-0.39, 0.29) is 34.8 Å². The summed E-state index contributed by atoms with van der Waals surface area (Å²) in [5, 5.41) is 19.6. The third-order valence-electron chi connectivity index (χ3n) is 9.58. The number of carboxylic acid groups (broad SMARTS) is 1. The van der Waals surface area contributed by atoms with Crippen molar-refractivity contribution in [1.29, 1.82) is 0 Å². The van der Waals surface area contributed by atoms with Gasteiger partial charge in [0.15, 0.2) is 0 Å². The number of carboxylic acids is 1. The van der Waals surface area contributed by atoms with Crippen molar-refractivity contribution >= 4 is 86.6 Å². The molecule has 2 aromatic rings. The highest BCUT2D eigenvalue weighted by Crippen LogP contribution is 2.38. The Kier molecular flexibility index (Phi) is 11.8.